The van der Waals surface area contributed by atoms with E-state index >= 15 is 0 Å². The summed E-state index contributed by atoms with van der Waals surface area (Å²) in [5.41, 5.74) is 2.42. The molecule has 100 valence electrons. The quantitative estimate of drug-likeness (QED) is 0.641. The molecule has 0 amide bonds. The van der Waals surface area contributed by atoms with E-state index in [4.69, 9.17) is 9.47 Å². The number of hydrogen-bond donors (Lipinski definition) is 0. The standard InChI is InChI=1S/C16H24O2/c1-14-10-11-16(18-3)15(13-14)9-7-5-4-6-8-12-17-2/h7,9-11,13H,4-6,8,12H2,1-3H3/b9-7+. The van der Waals surface area contributed by atoms with Crippen molar-refractivity contribution in [2.45, 2.75) is 32.6 Å². The van der Waals surface area contributed by atoms with Crippen LogP contribution in [0.25, 0.3) is 6.08 Å². The van der Waals surface area contributed by atoms with Gasteiger partial charge in [-0.25, -0.2) is 0 Å². The topological polar surface area (TPSA) is 18.5 Å². The number of aryl methyl sites for hydroxylation is 1. The van der Waals surface area contributed by atoms with Crippen LogP contribution < -0.4 is 4.74 Å². The molecular formula is C16H24O2. The van der Waals surface area contributed by atoms with Crippen molar-refractivity contribution in [3.63, 3.8) is 0 Å². The first-order chi connectivity index (χ1) is 8.77. The molecule has 0 bridgehead atoms. The van der Waals surface area contributed by atoms with Gasteiger partial charge in [0, 0.05) is 19.3 Å². The summed E-state index contributed by atoms with van der Waals surface area (Å²) in [6.45, 7) is 2.97. The molecule has 0 fully saturated rings. The lowest BCUT2D eigenvalue weighted by atomic mass is 10.1. The van der Waals surface area contributed by atoms with Crippen molar-refractivity contribution in [2.24, 2.45) is 0 Å². The molecule has 0 saturated heterocycles. The maximum Gasteiger partial charge on any atom is 0.126 e. The molecule has 0 saturated carbocycles. The lowest BCUT2D eigenvalue weighted by molar-refractivity contribution is 0.192. The van der Waals surface area contributed by atoms with Crippen molar-refractivity contribution in [2.75, 3.05) is 20.8 Å². The number of ether oxygens (including phenoxy) is 2. The van der Waals surface area contributed by atoms with Crippen molar-refractivity contribution >= 4 is 6.08 Å². The average Bonchev–Trinajstić information content (AvgIpc) is 2.38. The van der Waals surface area contributed by atoms with E-state index in [9.17, 15) is 0 Å². The third-order valence-electron chi connectivity index (χ3n) is 2.90. The van der Waals surface area contributed by atoms with Crippen LogP contribution in [0.4, 0.5) is 0 Å². The van der Waals surface area contributed by atoms with E-state index in [1.807, 2.05) is 6.07 Å². The van der Waals surface area contributed by atoms with E-state index in [0.717, 1.165) is 30.8 Å². The minimum absolute atomic E-state index is 0.870. The maximum absolute atomic E-state index is 5.34. The Bertz CT molecular complexity index is 369. The van der Waals surface area contributed by atoms with Crippen molar-refractivity contribution < 1.29 is 9.47 Å². The van der Waals surface area contributed by atoms with Crippen LogP contribution in [0.2, 0.25) is 0 Å². The SMILES string of the molecule is COCCCCC/C=C/c1cc(C)ccc1OC. The van der Waals surface area contributed by atoms with E-state index in [0.29, 0.717) is 0 Å². The van der Waals surface area contributed by atoms with E-state index in [-0.39, 0.29) is 0 Å². The third-order valence-corrected chi connectivity index (χ3v) is 2.90. The monoisotopic (exact) mass is 248 g/mol. The molecule has 0 heterocycles. The van der Waals surface area contributed by atoms with Gasteiger partial charge in [0.2, 0.25) is 0 Å². The average molecular weight is 248 g/mol. The van der Waals surface area contributed by atoms with E-state index in [2.05, 4.69) is 31.2 Å². The van der Waals surface area contributed by atoms with Gasteiger partial charge in [0.15, 0.2) is 0 Å². The molecule has 0 aromatic heterocycles. The van der Waals surface area contributed by atoms with Crippen LogP contribution in [0.1, 0.15) is 36.8 Å². The summed E-state index contributed by atoms with van der Waals surface area (Å²) in [7, 11) is 3.47. The predicted molar refractivity (Wildman–Crippen MR) is 77.1 cm³/mol. The Morgan fingerprint density at radius 2 is 1.94 bits per heavy atom. The second-order valence-corrected chi connectivity index (χ2v) is 4.49. The van der Waals surface area contributed by atoms with Gasteiger partial charge in [-0.05, 0) is 38.3 Å². The first kappa shape index (κ1) is 14.8. The molecule has 1 aromatic rings. The minimum atomic E-state index is 0.870. The normalized spacial score (nSPS) is 11.1. The van der Waals surface area contributed by atoms with Crippen LogP contribution in [-0.2, 0) is 4.74 Å². The van der Waals surface area contributed by atoms with Crippen molar-refractivity contribution in [3.8, 4) is 5.75 Å². The molecule has 0 radical (unpaired) electrons. The molecule has 0 atom stereocenters. The van der Waals surface area contributed by atoms with Crippen molar-refractivity contribution in [3.05, 3.63) is 35.4 Å². The van der Waals surface area contributed by atoms with Crippen molar-refractivity contribution in [1.29, 1.82) is 0 Å². The number of methoxy groups -OCH3 is 2. The fraction of sp³-hybridized carbons (Fsp3) is 0.500. The summed E-state index contributed by atoms with van der Waals surface area (Å²) >= 11 is 0. The highest BCUT2D eigenvalue weighted by molar-refractivity contribution is 5.58. The Labute approximate surface area is 111 Å². The molecule has 2 heteroatoms. The largest absolute Gasteiger partial charge is 0.496 e. The van der Waals surface area contributed by atoms with Gasteiger partial charge in [0.1, 0.15) is 5.75 Å². The Morgan fingerprint density at radius 1 is 1.11 bits per heavy atom. The minimum Gasteiger partial charge on any atom is -0.496 e. The first-order valence-corrected chi connectivity index (χ1v) is 6.58. The highest BCUT2D eigenvalue weighted by Gasteiger charge is 1.98. The number of allylic oxidation sites excluding steroid dienone is 1. The summed E-state index contributed by atoms with van der Waals surface area (Å²) in [5, 5.41) is 0. The molecule has 0 spiro atoms. The zero-order chi connectivity index (χ0) is 13.2. The summed E-state index contributed by atoms with van der Waals surface area (Å²) < 4.78 is 10.4. The van der Waals surface area contributed by atoms with Crippen molar-refractivity contribution in [1.82, 2.24) is 0 Å². The first-order valence-electron chi connectivity index (χ1n) is 6.58. The predicted octanol–water partition coefficient (Wildman–Crippen LogP) is 4.22. The van der Waals surface area contributed by atoms with E-state index in [1.54, 1.807) is 14.2 Å². The van der Waals surface area contributed by atoms with E-state index < -0.39 is 0 Å². The number of hydrogen-bond acceptors (Lipinski definition) is 2. The van der Waals surface area contributed by atoms with Gasteiger partial charge in [0.05, 0.1) is 7.11 Å². The Balaban J connectivity index is 2.39. The lowest BCUT2D eigenvalue weighted by Gasteiger charge is -2.05. The summed E-state index contributed by atoms with van der Waals surface area (Å²) in [4.78, 5) is 0. The van der Waals surface area contributed by atoms with Crippen LogP contribution in [-0.4, -0.2) is 20.8 Å². The van der Waals surface area contributed by atoms with Gasteiger partial charge >= 0.3 is 0 Å². The van der Waals surface area contributed by atoms with Gasteiger partial charge in [0.25, 0.3) is 0 Å². The molecule has 0 N–H and O–H groups in total. The summed E-state index contributed by atoms with van der Waals surface area (Å²) in [6, 6.07) is 6.24. The number of benzene rings is 1. The number of rotatable bonds is 8. The molecule has 0 aliphatic heterocycles. The second kappa shape index (κ2) is 8.76. The molecule has 18 heavy (non-hydrogen) atoms. The summed E-state index contributed by atoms with van der Waals surface area (Å²) in [6.07, 6.45) is 9.09. The van der Waals surface area contributed by atoms with E-state index in [1.165, 1.54) is 18.4 Å². The van der Waals surface area contributed by atoms with Crippen LogP contribution in [0.3, 0.4) is 0 Å². The zero-order valence-electron chi connectivity index (χ0n) is 11.7. The van der Waals surface area contributed by atoms with Gasteiger partial charge in [-0.15, -0.1) is 0 Å². The van der Waals surface area contributed by atoms with Gasteiger partial charge in [-0.1, -0.05) is 30.2 Å². The maximum atomic E-state index is 5.34. The summed E-state index contributed by atoms with van der Waals surface area (Å²) in [5.74, 6) is 0.941. The molecule has 0 unspecified atom stereocenters. The molecule has 0 aliphatic carbocycles. The van der Waals surface area contributed by atoms with Gasteiger partial charge < -0.3 is 9.47 Å². The van der Waals surface area contributed by atoms with Crippen LogP contribution in [0, 0.1) is 6.92 Å². The Morgan fingerprint density at radius 3 is 2.67 bits per heavy atom. The second-order valence-electron chi connectivity index (χ2n) is 4.49. The third kappa shape index (κ3) is 5.37. The number of unbranched alkanes of at least 4 members (excludes halogenated alkanes) is 3. The lowest BCUT2D eigenvalue weighted by Crippen LogP contribution is -1.88. The highest BCUT2D eigenvalue weighted by atomic mass is 16.5. The molecule has 0 aliphatic rings. The Kier molecular flexibility index (Phi) is 7.19. The fourth-order valence-electron chi connectivity index (χ4n) is 1.88. The fourth-order valence-corrected chi connectivity index (χ4v) is 1.88. The zero-order valence-corrected chi connectivity index (χ0v) is 11.7. The smallest absolute Gasteiger partial charge is 0.126 e. The van der Waals surface area contributed by atoms with Crippen LogP contribution >= 0.6 is 0 Å². The van der Waals surface area contributed by atoms with Crippen LogP contribution in [0.5, 0.6) is 5.75 Å². The molecule has 1 rings (SSSR count). The van der Waals surface area contributed by atoms with Crippen LogP contribution in [0.15, 0.2) is 24.3 Å². The molecule has 1 aromatic carbocycles. The molecular weight excluding hydrogens is 224 g/mol. The Hall–Kier alpha value is -1.28. The van der Waals surface area contributed by atoms with Gasteiger partial charge in [-0.3, -0.25) is 0 Å². The highest BCUT2D eigenvalue weighted by Crippen LogP contribution is 2.21. The van der Waals surface area contributed by atoms with Gasteiger partial charge in [-0.2, -0.15) is 0 Å². The molecule has 2 nitrogen and oxygen atoms in total.